The molecule has 6 heteroatoms. The third-order valence-corrected chi connectivity index (χ3v) is 2.58. The number of methoxy groups -OCH3 is 1. The largest absolute Gasteiger partial charge is 0.496 e. The number of hydrogen-bond donors (Lipinski definition) is 1. The molecule has 1 aromatic heterocycles. The van der Waals surface area contributed by atoms with Crippen molar-refractivity contribution in [1.29, 1.82) is 5.26 Å². The van der Waals surface area contributed by atoms with Crippen LogP contribution in [-0.4, -0.2) is 17.1 Å². The number of ether oxygens (including phenoxy) is 1. The first-order valence-electron chi connectivity index (χ1n) is 5.02. The number of rotatable bonds is 2. The molecule has 2 rings (SSSR count). The SMILES string of the molecule is COc1cc(Cl)ccc1-c1ncc(C#N)c(N)n1. The Labute approximate surface area is 109 Å². The Hall–Kier alpha value is -2.32. The summed E-state index contributed by atoms with van der Waals surface area (Å²) in [6.07, 6.45) is 1.38. The third-order valence-electron chi connectivity index (χ3n) is 2.34. The summed E-state index contributed by atoms with van der Waals surface area (Å²) in [5, 5.41) is 9.32. The molecule has 0 fully saturated rings. The number of aromatic nitrogens is 2. The molecule has 1 aromatic carbocycles. The molecule has 5 nitrogen and oxygen atoms in total. The molecule has 2 N–H and O–H groups in total. The Morgan fingerprint density at radius 2 is 2.22 bits per heavy atom. The Kier molecular flexibility index (Phi) is 3.31. The molecule has 90 valence electrons. The first kappa shape index (κ1) is 12.1. The fraction of sp³-hybridized carbons (Fsp3) is 0.0833. The maximum atomic E-state index is 8.76. The zero-order chi connectivity index (χ0) is 13.1. The lowest BCUT2D eigenvalue weighted by Crippen LogP contribution is -2.00. The summed E-state index contributed by atoms with van der Waals surface area (Å²) in [6.45, 7) is 0. The predicted molar refractivity (Wildman–Crippen MR) is 68.2 cm³/mol. The number of nitriles is 1. The lowest BCUT2D eigenvalue weighted by molar-refractivity contribution is 0.416. The number of hydrogen-bond acceptors (Lipinski definition) is 5. The summed E-state index contributed by atoms with van der Waals surface area (Å²) >= 11 is 5.87. The highest BCUT2D eigenvalue weighted by molar-refractivity contribution is 6.30. The van der Waals surface area contributed by atoms with Gasteiger partial charge in [-0.1, -0.05) is 11.6 Å². The molecule has 0 aliphatic heterocycles. The van der Waals surface area contributed by atoms with Crippen molar-refractivity contribution >= 4 is 17.4 Å². The molecule has 1 heterocycles. The molecule has 0 amide bonds. The molecule has 0 saturated heterocycles. The fourth-order valence-electron chi connectivity index (χ4n) is 1.46. The molecule has 0 spiro atoms. The number of benzene rings is 1. The molecule has 0 atom stereocenters. The van der Waals surface area contributed by atoms with Crippen LogP contribution in [0.2, 0.25) is 5.02 Å². The van der Waals surface area contributed by atoms with Gasteiger partial charge in [0.15, 0.2) is 5.82 Å². The van der Waals surface area contributed by atoms with Crippen LogP contribution in [0.1, 0.15) is 5.56 Å². The van der Waals surface area contributed by atoms with Crippen LogP contribution < -0.4 is 10.5 Å². The van der Waals surface area contributed by atoms with Crippen molar-refractivity contribution in [1.82, 2.24) is 9.97 Å². The summed E-state index contributed by atoms with van der Waals surface area (Å²) in [4.78, 5) is 8.16. The Bertz CT molecular complexity index is 636. The van der Waals surface area contributed by atoms with Crippen LogP contribution in [0.25, 0.3) is 11.4 Å². The maximum Gasteiger partial charge on any atom is 0.165 e. The number of nitrogen functional groups attached to an aromatic ring is 1. The minimum absolute atomic E-state index is 0.138. The Balaban J connectivity index is 2.56. The van der Waals surface area contributed by atoms with Crippen molar-refractivity contribution in [2.45, 2.75) is 0 Å². The molecular formula is C12H9ClN4O. The molecule has 0 unspecified atom stereocenters. The van der Waals surface area contributed by atoms with E-state index in [0.29, 0.717) is 22.2 Å². The van der Waals surface area contributed by atoms with Crippen molar-refractivity contribution < 1.29 is 4.74 Å². The van der Waals surface area contributed by atoms with Gasteiger partial charge in [-0.2, -0.15) is 5.26 Å². The summed E-state index contributed by atoms with van der Waals surface area (Å²) in [5.74, 6) is 1.08. The monoisotopic (exact) mass is 260 g/mol. The number of halogens is 1. The minimum atomic E-state index is 0.138. The van der Waals surface area contributed by atoms with Gasteiger partial charge in [0.25, 0.3) is 0 Å². The van der Waals surface area contributed by atoms with E-state index in [-0.39, 0.29) is 11.4 Å². The lowest BCUT2D eigenvalue weighted by atomic mass is 10.2. The topological polar surface area (TPSA) is 84.8 Å². The van der Waals surface area contributed by atoms with E-state index in [4.69, 9.17) is 27.3 Å². The molecule has 2 aromatic rings. The highest BCUT2D eigenvalue weighted by Crippen LogP contribution is 2.30. The smallest absolute Gasteiger partial charge is 0.165 e. The van der Waals surface area contributed by atoms with Gasteiger partial charge >= 0.3 is 0 Å². The highest BCUT2D eigenvalue weighted by Gasteiger charge is 2.11. The van der Waals surface area contributed by atoms with Gasteiger partial charge in [0, 0.05) is 5.02 Å². The first-order chi connectivity index (χ1) is 8.65. The van der Waals surface area contributed by atoms with Crippen molar-refractivity contribution in [2.24, 2.45) is 0 Å². The average molecular weight is 261 g/mol. The van der Waals surface area contributed by atoms with Gasteiger partial charge in [0.05, 0.1) is 18.9 Å². The van der Waals surface area contributed by atoms with E-state index in [2.05, 4.69) is 9.97 Å². The summed E-state index contributed by atoms with van der Waals surface area (Å²) < 4.78 is 5.21. The molecule has 0 radical (unpaired) electrons. The number of nitrogens with zero attached hydrogens (tertiary/aromatic N) is 3. The molecule has 0 aliphatic rings. The van der Waals surface area contributed by atoms with E-state index in [1.165, 1.54) is 13.3 Å². The molecular weight excluding hydrogens is 252 g/mol. The number of nitrogens with two attached hydrogens (primary N) is 1. The lowest BCUT2D eigenvalue weighted by Gasteiger charge is -2.08. The van der Waals surface area contributed by atoms with Crippen LogP contribution in [0.15, 0.2) is 24.4 Å². The van der Waals surface area contributed by atoms with E-state index in [9.17, 15) is 0 Å². The maximum absolute atomic E-state index is 8.76. The van der Waals surface area contributed by atoms with E-state index in [0.717, 1.165) is 0 Å². The Morgan fingerprint density at radius 1 is 1.44 bits per heavy atom. The molecule has 0 aliphatic carbocycles. The molecule has 18 heavy (non-hydrogen) atoms. The van der Waals surface area contributed by atoms with Crippen LogP contribution >= 0.6 is 11.6 Å². The van der Waals surface area contributed by atoms with Gasteiger partial charge in [0.2, 0.25) is 0 Å². The van der Waals surface area contributed by atoms with E-state index < -0.39 is 0 Å². The van der Waals surface area contributed by atoms with Crippen LogP contribution in [0.5, 0.6) is 5.75 Å². The second-order valence-electron chi connectivity index (χ2n) is 3.45. The average Bonchev–Trinajstić information content (AvgIpc) is 2.38. The Morgan fingerprint density at radius 3 is 2.83 bits per heavy atom. The van der Waals surface area contributed by atoms with Crippen molar-refractivity contribution in [3.05, 3.63) is 35.0 Å². The minimum Gasteiger partial charge on any atom is -0.496 e. The van der Waals surface area contributed by atoms with Gasteiger partial charge in [-0.15, -0.1) is 0 Å². The summed E-state index contributed by atoms with van der Waals surface area (Å²) in [7, 11) is 1.53. The standard InChI is InChI=1S/C12H9ClN4O/c1-18-10-4-8(13)2-3-9(10)12-16-6-7(5-14)11(15)17-12/h2-4,6H,1H3,(H2,15,16,17). The van der Waals surface area contributed by atoms with Crippen LogP contribution in [-0.2, 0) is 0 Å². The first-order valence-corrected chi connectivity index (χ1v) is 5.40. The summed E-state index contributed by atoms with van der Waals surface area (Å²) in [5.41, 5.74) is 6.56. The van der Waals surface area contributed by atoms with Crippen LogP contribution in [0.4, 0.5) is 5.82 Å². The second-order valence-corrected chi connectivity index (χ2v) is 3.89. The molecule has 0 bridgehead atoms. The fourth-order valence-corrected chi connectivity index (χ4v) is 1.62. The molecule has 0 saturated carbocycles. The van der Waals surface area contributed by atoms with E-state index in [1.807, 2.05) is 6.07 Å². The van der Waals surface area contributed by atoms with E-state index in [1.54, 1.807) is 18.2 Å². The predicted octanol–water partition coefficient (Wildman–Crippen LogP) is 2.26. The van der Waals surface area contributed by atoms with Gasteiger partial charge in [0.1, 0.15) is 23.2 Å². The highest BCUT2D eigenvalue weighted by atomic mass is 35.5. The van der Waals surface area contributed by atoms with Gasteiger partial charge in [-0.25, -0.2) is 9.97 Å². The normalized spacial score (nSPS) is 9.83. The van der Waals surface area contributed by atoms with Gasteiger partial charge in [-0.3, -0.25) is 0 Å². The van der Waals surface area contributed by atoms with Gasteiger partial charge in [-0.05, 0) is 18.2 Å². The number of anilines is 1. The summed E-state index contributed by atoms with van der Waals surface area (Å²) in [6, 6.07) is 7.01. The van der Waals surface area contributed by atoms with Crippen LogP contribution in [0, 0.1) is 11.3 Å². The second kappa shape index (κ2) is 4.90. The quantitative estimate of drug-likeness (QED) is 0.895. The van der Waals surface area contributed by atoms with Crippen molar-refractivity contribution in [2.75, 3.05) is 12.8 Å². The van der Waals surface area contributed by atoms with Crippen molar-refractivity contribution in [3.8, 4) is 23.2 Å². The third kappa shape index (κ3) is 2.19. The van der Waals surface area contributed by atoms with Crippen LogP contribution in [0.3, 0.4) is 0 Å². The van der Waals surface area contributed by atoms with Gasteiger partial charge < -0.3 is 10.5 Å². The van der Waals surface area contributed by atoms with Crippen molar-refractivity contribution in [3.63, 3.8) is 0 Å². The zero-order valence-corrected chi connectivity index (χ0v) is 10.3. The van der Waals surface area contributed by atoms with E-state index >= 15 is 0 Å². The zero-order valence-electron chi connectivity index (χ0n) is 9.51.